The van der Waals surface area contributed by atoms with Crippen LogP contribution >= 0.6 is 23.2 Å². The monoisotopic (exact) mass is 369 g/mol. The van der Waals surface area contributed by atoms with E-state index in [1.54, 1.807) is 24.3 Å². The van der Waals surface area contributed by atoms with Gasteiger partial charge in [0.25, 0.3) is 5.91 Å². The summed E-state index contributed by atoms with van der Waals surface area (Å²) < 4.78 is 15.8. The number of hydrogen-bond acceptors (Lipinski definition) is 4. The Hall–Kier alpha value is -2.11. The third-order valence-electron chi connectivity index (χ3n) is 3.35. The lowest BCUT2D eigenvalue weighted by molar-refractivity contribution is 0.0951. The van der Waals surface area contributed by atoms with Gasteiger partial charge in [-0.15, -0.1) is 0 Å². The highest BCUT2D eigenvalue weighted by molar-refractivity contribution is 6.35. The summed E-state index contributed by atoms with van der Waals surface area (Å²) in [6.45, 7) is 0.262. The maximum Gasteiger partial charge on any atom is 0.253 e. The van der Waals surface area contributed by atoms with Crippen LogP contribution in [-0.2, 0) is 6.54 Å². The van der Waals surface area contributed by atoms with Gasteiger partial charge in [0.1, 0.15) is 0 Å². The molecule has 0 fully saturated rings. The number of carbonyl (C=O) groups is 1. The summed E-state index contributed by atoms with van der Waals surface area (Å²) in [4.78, 5) is 12.3. The van der Waals surface area contributed by atoms with Crippen molar-refractivity contribution in [3.63, 3.8) is 0 Å². The summed E-state index contributed by atoms with van der Waals surface area (Å²) >= 11 is 11.9. The third-order valence-corrected chi connectivity index (χ3v) is 3.92. The number of carbonyl (C=O) groups excluding carboxylic acids is 1. The van der Waals surface area contributed by atoms with Gasteiger partial charge in [0.2, 0.25) is 5.75 Å². The Bertz CT molecular complexity index is 724. The molecule has 0 aliphatic rings. The van der Waals surface area contributed by atoms with Crippen molar-refractivity contribution in [2.45, 2.75) is 6.54 Å². The molecule has 0 bridgehead atoms. The number of benzene rings is 2. The highest BCUT2D eigenvalue weighted by Gasteiger charge is 2.15. The summed E-state index contributed by atoms with van der Waals surface area (Å²) in [7, 11) is 4.60. The molecule has 2 rings (SSSR count). The predicted octanol–water partition coefficient (Wildman–Crippen LogP) is 3.95. The number of methoxy groups -OCH3 is 3. The molecule has 7 heteroatoms. The van der Waals surface area contributed by atoms with Crippen LogP contribution in [0.4, 0.5) is 0 Å². The average molecular weight is 370 g/mol. The summed E-state index contributed by atoms with van der Waals surface area (Å²) in [5.41, 5.74) is 1.10. The molecule has 0 heterocycles. The molecular formula is C17H17Cl2NO4. The number of nitrogens with one attached hydrogen (secondary N) is 1. The fourth-order valence-corrected chi connectivity index (χ4v) is 2.56. The second-order valence-corrected chi connectivity index (χ2v) is 5.68. The zero-order chi connectivity index (χ0) is 17.7. The topological polar surface area (TPSA) is 56.8 Å². The molecule has 0 aromatic heterocycles. The Kier molecular flexibility index (Phi) is 6.17. The fourth-order valence-electron chi connectivity index (χ4n) is 2.19. The molecule has 128 valence electrons. The Morgan fingerprint density at radius 1 is 1.00 bits per heavy atom. The zero-order valence-electron chi connectivity index (χ0n) is 13.5. The molecule has 0 atom stereocenters. The summed E-state index contributed by atoms with van der Waals surface area (Å²) in [5.74, 6) is 1.20. The zero-order valence-corrected chi connectivity index (χ0v) is 15.0. The van der Waals surface area contributed by atoms with Crippen LogP contribution in [0.25, 0.3) is 0 Å². The molecule has 0 unspecified atom stereocenters. The SMILES string of the molecule is COc1cc(CNC(=O)c2cc(Cl)ccc2Cl)cc(OC)c1OC. The van der Waals surface area contributed by atoms with Crippen LogP contribution in [0, 0.1) is 0 Å². The minimum Gasteiger partial charge on any atom is -0.493 e. The minimum absolute atomic E-state index is 0.262. The average Bonchev–Trinajstić information content (AvgIpc) is 2.60. The van der Waals surface area contributed by atoms with Crippen LogP contribution < -0.4 is 19.5 Å². The van der Waals surface area contributed by atoms with E-state index < -0.39 is 0 Å². The quantitative estimate of drug-likeness (QED) is 0.837. The number of ether oxygens (including phenoxy) is 3. The molecule has 2 aromatic carbocycles. The van der Waals surface area contributed by atoms with Gasteiger partial charge in [-0.2, -0.15) is 0 Å². The van der Waals surface area contributed by atoms with Crippen molar-refractivity contribution in [1.82, 2.24) is 5.32 Å². The maximum atomic E-state index is 12.3. The van der Waals surface area contributed by atoms with Gasteiger partial charge >= 0.3 is 0 Å². The second kappa shape index (κ2) is 8.13. The largest absolute Gasteiger partial charge is 0.493 e. The molecule has 5 nitrogen and oxygen atoms in total. The normalized spacial score (nSPS) is 10.2. The third kappa shape index (κ3) is 4.04. The predicted molar refractivity (Wildman–Crippen MR) is 93.7 cm³/mol. The Morgan fingerprint density at radius 3 is 2.17 bits per heavy atom. The number of halogens is 2. The van der Waals surface area contributed by atoms with Crippen molar-refractivity contribution in [2.24, 2.45) is 0 Å². The van der Waals surface area contributed by atoms with Gasteiger partial charge in [-0.3, -0.25) is 4.79 Å². The fraction of sp³-hybridized carbons (Fsp3) is 0.235. The molecule has 1 N–H and O–H groups in total. The first kappa shape index (κ1) is 18.2. The molecule has 0 aliphatic carbocycles. The van der Waals surface area contributed by atoms with E-state index in [9.17, 15) is 4.79 Å². The first-order chi connectivity index (χ1) is 11.5. The number of hydrogen-bond donors (Lipinski definition) is 1. The molecule has 24 heavy (non-hydrogen) atoms. The van der Waals surface area contributed by atoms with Crippen LogP contribution in [0.1, 0.15) is 15.9 Å². The minimum atomic E-state index is -0.323. The summed E-state index contributed by atoms with van der Waals surface area (Å²) in [6, 6.07) is 8.26. The standard InChI is InChI=1S/C17H17Cl2NO4/c1-22-14-6-10(7-15(23-2)16(14)24-3)9-20-17(21)12-8-11(18)4-5-13(12)19/h4-8H,9H2,1-3H3,(H,20,21). The van der Waals surface area contributed by atoms with E-state index in [1.165, 1.54) is 27.4 Å². The molecule has 0 radical (unpaired) electrons. The van der Waals surface area contributed by atoms with Gasteiger partial charge in [0, 0.05) is 11.6 Å². The van der Waals surface area contributed by atoms with E-state index in [4.69, 9.17) is 37.4 Å². The number of amides is 1. The highest BCUT2D eigenvalue weighted by Crippen LogP contribution is 2.38. The van der Waals surface area contributed by atoms with Gasteiger partial charge in [0.05, 0.1) is 31.9 Å². The Balaban J connectivity index is 2.19. The molecular weight excluding hydrogens is 353 g/mol. The molecule has 1 amide bonds. The van der Waals surface area contributed by atoms with Crippen molar-refractivity contribution in [3.05, 3.63) is 51.5 Å². The second-order valence-electron chi connectivity index (χ2n) is 4.84. The lowest BCUT2D eigenvalue weighted by Crippen LogP contribution is -2.23. The van der Waals surface area contributed by atoms with Crippen LogP contribution in [0.5, 0.6) is 17.2 Å². The van der Waals surface area contributed by atoms with Gasteiger partial charge in [-0.05, 0) is 35.9 Å². The van der Waals surface area contributed by atoms with Gasteiger partial charge in [0.15, 0.2) is 11.5 Å². The van der Waals surface area contributed by atoms with Crippen LogP contribution in [0.3, 0.4) is 0 Å². The van der Waals surface area contributed by atoms with Crippen molar-refractivity contribution >= 4 is 29.1 Å². The van der Waals surface area contributed by atoms with Gasteiger partial charge < -0.3 is 19.5 Å². The lowest BCUT2D eigenvalue weighted by atomic mass is 10.1. The van der Waals surface area contributed by atoms with E-state index in [0.717, 1.165) is 5.56 Å². The molecule has 0 aliphatic heterocycles. The molecule has 0 spiro atoms. The van der Waals surface area contributed by atoms with E-state index >= 15 is 0 Å². The van der Waals surface area contributed by atoms with Crippen LogP contribution in [0.2, 0.25) is 10.0 Å². The smallest absolute Gasteiger partial charge is 0.253 e. The van der Waals surface area contributed by atoms with Crippen molar-refractivity contribution in [3.8, 4) is 17.2 Å². The van der Waals surface area contributed by atoms with Crippen molar-refractivity contribution in [2.75, 3.05) is 21.3 Å². The molecule has 0 saturated carbocycles. The summed E-state index contributed by atoms with van der Waals surface area (Å²) in [5, 5.41) is 3.57. The first-order valence-electron chi connectivity index (χ1n) is 7.02. The molecule has 2 aromatic rings. The lowest BCUT2D eigenvalue weighted by Gasteiger charge is -2.14. The van der Waals surface area contributed by atoms with Crippen molar-refractivity contribution < 1.29 is 19.0 Å². The van der Waals surface area contributed by atoms with Crippen LogP contribution in [-0.4, -0.2) is 27.2 Å². The Labute approximate surface area is 150 Å². The van der Waals surface area contributed by atoms with Gasteiger partial charge in [-0.1, -0.05) is 23.2 Å². The van der Waals surface area contributed by atoms with E-state index in [1.807, 2.05) is 0 Å². The van der Waals surface area contributed by atoms with E-state index in [0.29, 0.717) is 32.9 Å². The first-order valence-corrected chi connectivity index (χ1v) is 7.77. The van der Waals surface area contributed by atoms with Crippen molar-refractivity contribution in [1.29, 1.82) is 0 Å². The number of rotatable bonds is 6. The Morgan fingerprint density at radius 2 is 1.62 bits per heavy atom. The van der Waals surface area contributed by atoms with Gasteiger partial charge in [-0.25, -0.2) is 0 Å². The highest BCUT2D eigenvalue weighted by atomic mass is 35.5. The van der Waals surface area contributed by atoms with E-state index in [-0.39, 0.29) is 12.5 Å². The maximum absolute atomic E-state index is 12.3. The summed E-state index contributed by atoms with van der Waals surface area (Å²) in [6.07, 6.45) is 0. The molecule has 0 saturated heterocycles. The van der Waals surface area contributed by atoms with E-state index in [2.05, 4.69) is 5.32 Å². The van der Waals surface area contributed by atoms with Crippen LogP contribution in [0.15, 0.2) is 30.3 Å².